The predicted molar refractivity (Wildman–Crippen MR) is 103 cm³/mol. The molecule has 0 aliphatic carbocycles. The number of carbonyl (C=O) groups is 1. The highest BCUT2D eigenvalue weighted by Crippen LogP contribution is 2.31. The quantitative estimate of drug-likeness (QED) is 0.785. The molecule has 0 radical (unpaired) electrons. The number of amides is 1. The number of sulfonamides is 1. The molecule has 0 aliphatic rings. The van der Waals surface area contributed by atoms with Gasteiger partial charge in [0.2, 0.25) is 15.9 Å². The van der Waals surface area contributed by atoms with Crippen LogP contribution in [0, 0.1) is 0 Å². The van der Waals surface area contributed by atoms with Crippen molar-refractivity contribution in [2.24, 2.45) is 0 Å². The van der Waals surface area contributed by atoms with Gasteiger partial charge in [0.05, 0.1) is 21.7 Å². The SMILES string of the molecule is CC(C)(C(=O)Nc1ccc(NS(C)(=O)=O)cc1)c1ccc(Cl)c(Cl)c1. The second-order valence-corrected chi connectivity index (χ2v) is 8.72. The van der Waals surface area contributed by atoms with Gasteiger partial charge in [-0.3, -0.25) is 9.52 Å². The molecule has 0 aliphatic heterocycles. The highest BCUT2D eigenvalue weighted by Gasteiger charge is 2.30. The average Bonchev–Trinajstić information content (AvgIpc) is 2.50. The van der Waals surface area contributed by atoms with Gasteiger partial charge in [0, 0.05) is 11.4 Å². The van der Waals surface area contributed by atoms with E-state index in [0.717, 1.165) is 11.8 Å². The van der Waals surface area contributed by atoms with E-state index >= 15 is 0 Å². The minimum absolute atomic E-state index is 0.227. The van der Waals surface area contributed by atoms with E-state index in [9.17, 15) is 13.2 Å². The molecule has 0 saturated heterocycles. The van der Waals surface area contributed by atoms with Gasteiger partial charge < -0.3 is 5.32 Å². The van der Waals surface area contributed by atoms with Crippen LogP contribution in [0.3, 0.4) is 0 Å². The number of anilines is 2. The van der Waals surface area contributed by atoms with Crippen molar-refractivity contribution >= 4 is 50.5 Å². The van der Waals surface area contributed by atoms with Crippen LogP contribution >= 0.6 is 23.2 Å². The Hall–Kier alpha value is -1.76. The monoisotopic (exact) mass is 400 g/mol. The average molecular weight is 401 g/mol. The molecule has 2 rings (SSSR count). The Morgan fingerprint density at radius 2 is 1.52 bits per heavy atom. The largest absolute Gasteiger partial charge is 0.325 e. The first-order valence-corrected chi connectivity index (χ1v) is 9.98. The van der Waals surface area contributed by atoms with E-state index in [1.54, 1.807) is 56.3 Å². The summed E-state index contributed by atoms with van der Waals surface area (Å²) >= 11 is 12.0. The van der Waals surface area contributed by atoms with E-state index in [4.69, 9.17) is 23.2 Å². The number of hydrogen-bond acceptors (Lipinski definition) is 3. The Bertz CT molecular complexity index is 895. The van der Waals surface area contributed by atoms with Crippen LogP contribution in [0.2, 0.25) is 10.0 Å². The fourth-order valence-electron chi connectivity index (χ4n) is 2.14. The Kier molecular flexibility index (Phi) is 5.66. The summed E-state index contributed by atoms with van der Waals surface area (Å²) in [7, 11) is -3.34. The van der Waals surface area contributed by atoms with Gasteiger partial charge in [0.1, 0.15) is 0 Å². The van der Waals surface area contributed by atoms with Crippen molar-refractivity contribution in [2.75, 3.05) is 16.3 Å². The van der Waals surface area contributed by atoms with Gasteiger partial charge in [-0.15, -0.1) is 0 Å². The van der Waals surface area contributed by atoms with Gasteiger partial charge in [-0.2, -0.15) is 0 Å². The topological polar surface area (TPSA) is 75.3 Å². The second-order valence-electron chi connectivity index (χ2n) is 6.16. The van der Waals surface area contributed by atoms with Crippen molar-refractivity contribution in [3.63, 3.8) is 0 Å². The minimum Gasteiger partial charge on any atom is -0.325 e. The van der Waals surface area contributed by atoms with Crippen molar-refractivity contribution in [1.82, 2.24) is 0 Å². The van der Waals surface area contributed by atoms with Crippen LogP contribution in [0.15, 0.2) is 42.5 Å². The molecule has 0 unspecified atom stereocenters. The first-order chi connectivity index (χ1) is 11.5. The third-order valence-electron chi connectivity index (χ3n) is 3.65. The molecular weight excluding hydrogens is 383 g/mol. The van der Waals surface area contributed by atoms with Crippen LogP contribution in [0.5, 0.6) is 0 Å². The molecule has 134 valence electrons. The summed E-state index contributed by atoms with van der Waals surface area (Å²) in [5, 5.41) is 3.62. The highest BCUT2D eigenvalue weighted by molar-refractivity contribution is 7.92. The molecule has 0 atom stereocenters. The Morgan fingerprint density at radius 1 is 0.960 bits per heavy atom. The molecule has 5 nitrogen and oxygen atoms in total. The van der Waals surface area contributed by atoms with Crippen LogP contribution in [0.25, 0.3) is 0 Å². The standard InChI is InChI=1S/C17H18Cl2N2O3S/c1-17(2,11-4-9-14(18)15(19)10-11)16(22)20-12-5-7-13(8-6-12)21-25(3,23)24/h4-10,21H,1-3H3,(H,20,22). The van der Waals surface area contributed by atoms with Crippen LogP contribution < -0.4 is 10.0 Å². The zero-order chi connectivity index (χ0) is 18.8. The third kappa shape index (κ3) is 5.11. The fraction of sp³-hybridized carbons (Fsp3) is 0.235. The van der Waals surface area contributed by atoms with Crippen molar-refractivity contribution in [3.05, 3.63) is 58.1 Å². The summed E-state index contributed by atoms with van der Waals surface area (Å²) in [5.74, 6) is -0.227. The summed E-state index contributed by atoms with van der Waals surface area (Å²) in [5.41, 5.74) is 0.869. The molecule has 25 heavy (non-hydrogen) atoms. The van der Waals surface area contributed by atoms with Gasteiger partial charge in [-0.05, 0) is 55.8 Å². The van der Waals surface area contributed by atoms with Gasteiger partial charge in [0.15, 0.2) is 0 Å². The number of nitrogens with one attached hydrogen (secondary N) is 2. The minimum atomic E-state index is -3.34. The molecular formula is C17H18Cl2N2O3S. The Morgan fingerprint density at radius 3 is 2.04 bits per heavy atom. The van der Waals surface area contributed by atoms with E-state index in [0.29, 0.717) is 21.4 Å². The lowest BCUT2D eigenvalue weighted by Crippen LogP contribution is -2.34. The van der Waals surface area contributed by atoms with E-state index in [1.807, 2.05) is 0 Å². The van der Waals surface area contributed by atoms with Gasteiger partial charge in [-0.1, -0.05) is 29.3 Å². The summed E-state index contributed by atoms with van der Waals surface area (Å²) in [6.45, 7) is 3.56. The molecule has 1 amide bonds. The summed E-state index contributed by atoms with van der Waals surface area (Å²) in [4.78, 5) is 12.6. The molecule has 0 heterocycles. The lowest BCUT2D eigenvalue weighted by atomic mass is 9.83. The molecule has 0 fully saturated rings. The summed E-state index contributed by atoms with van der Waals surface area (Å²) in [6.07, 6.45) is 1.07. The van der Waals surface area contributed by atoms with E-state index in [1.165, 1.54) is 0 Å². The summed E-state index contributed by atoms with van der Waals surface area (Å²) < 4.78 is 24.8. The lowest BCUT2D eigenvalue weighted by molar-refractivity contribution is -0.120. The second kappa shape index (κ2) is 7.23. The van der Waals surface area contributed by atoms with Crippen LogP contribution in [-0.2, 0) is 20.2 Å². The van der Waals surface area contributed by atoms with Crippen molar-refractivity contribution in [2.45, 2.75) is 19.3 Å². The van der Waals surface area contributed by atoms with Crippen molar-refractivity contribution < 1.29 is 13.2 Å². The normalized spacial score (nSPS) is 11.9. The van der Waals surface area contributed by atoms with Gasteiger partial charge in [0.25, 0.3) is 0 Å². The van der Waals surface area contributed by atoms with Crippen molar-refractivity contribution in [1.29, 1.82) is 0 Å². The Labute approximate surface area is 157 Å². The zero-order valence-electron chi connectivity index (χ0n) is 13.9. The fourth-order valence-corrected chi connectivity index (χ4v) is 3.00. The number of benzene rings is 2. The molecule has 2 aromatic rings. The van der Waals surface area contributed by atoms with E-state index in [2.05, 4.69) is 10.0 Å². The molecule has 0 saturated carbocycles. The predicted octanol–water partition coefficient (Wildman–Crippen LogP) is 4.28. The number of rotatable bonds is 5. The molecule has 0 aromatic heterocycles. The molecule has 2 aromatic carbocycles. The molecule has 8 heteroatoms. The van der Waals surface area contributed by atoms with Gasteiger partial charge in [-0.25, -0.2) is 8.42 Å². The maximum absolute atomic E-state index is 12.6. The number of hydrogen-bond donors (Lipinski definition) is 2. The maximum atomic E-state index is 12.6. The number of carbonyl (C=O) groups excluding carboxylic acids is 1. The van der Waals surface area contributed by atoms with E-state index in [-0.39, 0.29) is 5.91 Å². The summed E-state index contributed by atoms with van der Waals surface area (Å²) in [6, 6.07) is 11.5. The van der Waals surface area contributed by atoms with Gasteiger partial charge >= 0.3 is 0 Å². The molecule has 0 spiro atoms. The highest BCUT2D eigenvalue weighted by atomic mass is 35.5. The smallest absolute Gasteiger partial charge is 0.234 e. The van der Waals surface area contributed by atoms with Crippen LogP contribution in [-0.4, -0.2) is 20.6 Å². The molecule has 2 N–H and O–H groups in total. The van der Waals surface area contributed by atoms with Crippen LogP contribution in [0.1, 0.15) is 19.4 Å². The first-order valence-electron chi connectivity index (χ1n) is 7.34. The first kappa shape index (κ1) is 19.6. The number of halogens is 2. The zero-order valence-corrected chi connectivity index (χ0v) is 16.3. The van der Waals surface area contributed by atoms with Crippen LogP contribution in [0.4, 0.5) is 11.4 Å². The van der Waals surface area contributed by atoms with E-state index < -0.39 is 15.4 Å². The lowest BCUT2D eigenvalue weighted by Gasteiger charge is -2.24. The maximum Gasteiger partial charge on any atom is 0.234 e. The Balaban J connectivity index is 2.16. The molecule has 0 bridgehead atoms. The third-order valence-corrected chi connectivity index (χ3v) is 5.00. The van der Waals surface area contributed by atoms with Crippen molar-refractivity contribution in [3.8, 4) is 0 Å².